The van der Waals surface area contributed by atoms with Gasteiger partial charge in [-0.25, -0.2) is 0 Å². The van der Waals surface area contributed by atoms with Crippen LogP contribution in [0.25, 0.3) is 0 Å². The zero-order chi connectivity index (χ0) is 19.2. The summed E-state index contributed by atoms with van der Waals surface area (Å²) in [5.41, 5.74) is 8.00. The Balaban J connectivity index is 1.56. The number of carbonyl (C=O) groups excluding carboxylic acids is 2. The number of benzene rings is 1. The fraction of sp³-hybridized carbons (Fsp3) is 0.429. The van der Waals surface area contributed by atoms with Crippen LogP contribution in [0.5, 0.6) is 0 Å². The minimum Gasteiger partial charge on any atom is -0.352 e. The van der Waals surface area contributed by atoms with Crippen molar-refractivity contribution >= 4 is 28.8 Å². The number of anilines is 1. The van der Waals surface area contributed by atoms with Gasteiger partial charge in [-0.15, -0.1) is 11.3 Å². The second kappa shape index (κ2) is 9.15. The van der Waals surface area contributed by atoms with Gasteiger partial charge in [0, 0.05) is 17.8 Å². The van der Waals surface area contributed by atoms with Gasteiger partial charge in [-0.2, -0.15) is 0 Å². The van der Waals surface area contributed by atoms with Gasteiger partial charge in [-0.05, 0) is 79.8 Å². The maximum Gasteiger partial charge on any atom is 0.265 e. The number of rotatable bonds is 6. The molecule has 5 nitrogen and oxygen atoms in total. The lowest BCUT2D eigenvalue weighted by Crippen LogP contribution is -2.33. The van der Waals surface area contributed by atoms with Crippen LogP contribution >= 0.6 is 11.3 Å². The van der Waals surface area contributed by atoms with Crippen LogP contribution in [0.15, 0.2) is 35.7 Å². The van der Waals surface area contributed by atoms with Crippen molar-refractivity contribution in [2.75, 3.05) is 18.4 Å². The molecular weight excluding hydrogens is 358 g/mol. The normalized spacial score (nSPS) is 19.5. The third kappa shape index (κ3) is 5.17. The van der Waals surface area contributed by atoms with Crippen LogP contribution in [-0.2, 0) is 0 Å². The van der Waals surface area contributed by atoms with E-state index in [1.54, 1.807) is 18.2 Å². The van der Waals surface area contributed by atoms with E-state index in [0.29, 0.717) is 28.8 Å². The van der Waals surface area contributed by atoms with Crippen molar-refractivity contribution in [1.29, 1.82) is 0 Å². The molecule has 6 heteroatoms. The molecule has 2 atom stereocenters. The van der Waals surface area contributed by atoms with Crippen molar-refractivity contribution in [1.82, 2.24) is 5.32 Å². The minimum absolute atomic E-state index is 0.0656. The van der Waals surface area contributed by atoms with Gasteiger partial charge in [0.2, 0.25) is 0 Å². The third-order valence-corrected chi connectivity index (χ3v) is 6.13. The van der Waals surface area contributed by atoms with Gasteiger partial charge < -0.3 is 16.4 Å². The summed E-state index contributed by atoms with van der Waals surface area (Å²) in [7, 11) is 0. The molecule has 1 fully saturated rings. The van der Waals surface area contributed by atoms with E-state index < -0.39 is 0 Å². The highest BCUT2D eigenvalue weighted by atomic mass is 32.1. The first-order valence-electron chi connectivity index (χ1n) is 9.50. The first-order valence-corrected chi connectivity index (χ1v) is 10.4. The standard InChI is InChI=1S/C21H27N3O2S/c1-14-10-17(7-8-18(14)24-21(26)19-6-3-9-27-19)20(25)23-13-16-5-2-4-15(11-16)12-22/h3,6-10,15-16H,2,4-5,11-13,22H2,1H3,(H,23,25)(H,24,26). The zero-order valence-electron chi connectivity index (χ0n) is 15.7. The number of nitrogens with one attached hydrogen (secondary N) is 2. The number of hydrogen-bond donors (Lipinski definition) is 3. The molecule has 0 aliphatic heterocycles. The summed E-state index contributed by atoms with van der Waals surface area (Å²) in [5.74, 6) is 0.914. The van der Waals surface area contributed by atoms with E-state index in [-0.39, 0.29) is 11.8 Å². The molecule has 2 amide bonds. The molecular formula is C21H27N3O2S. The lowest BCUT2D eigenvalue weighted by molar-refractivity contribution is 0.0940. The van der Waals surface area contributed by atoms with Gasteiger partial charge in [0.15, 0.2) is 0 Å². The molecule has 0 bridgehead atoms. The van der Waals surface area contributed by atoms with Gasteiger partial charge in [0.05, 0.1) is 4.88 Å². The molecule has 1 aliphatic carbocycles. The number of carbonyl (C=O) groups is 2. The van der Waals surface area contributed by atoms with Gasteiger partial charge >= 0.3 is 0 Å². The molecule has 1 saturated carbocycles. The summed E-state index contributed by atoms with van der Waals surface area (Å²) in [6.07, 6.45) is 4.66. The maximum atomic E-state index is 12.5. The summed E-state index contributed by atoms with van der Waals surface area (Å²) in [6, 6.07) is 9.01. The Hall–Kier alpha value is -2.18. The van der Waals surface area contributed by atoms with Crippen LogP contribution in [0.2, 0.25) is 0 Å². The molecule has 1 heterocycles. The smallest absolute Gasteiger partial charge is 0.265 e. The summed E-state index contributed by atoms with van der Waals surface area (Å²) in [4.78, 5) is 25.3. The molecule has 2 aromatic rings. The van der Waals surface area contributed by atoms with Crippen LogP contribution in [0.1, 0.15) is 51.3 Å². The third-order valence-electron chi connectivity index (χ3n) is 5.26. The van der Waals surface area contributed by atoms with E-state index in [9.17, 15) is 9.59 Å². The highest BCUT2D eigenvalue weighted by Gasteiger charge is 2.21. The van der Waals surface area contributed by atoms with E-state index in [4.69, 9.17) is 5.73 Å². The summed E-state index contributed by atoms with van der Waals surface area (Å²) in [6.45, 7) is 3.33. The number of thiophene rings is 1. The second-order valence-electron chi connectivity index (χ2n) is 7.31. The van der Waals surface area contributed by atoms with Crippen LogP contribution in [-0.4, -0.2) is 24.9 Å². The van der Waals surface area contributed by atoms with Crippen molar-refractivity contribution in [2.45, 2.75) is 32.6 Å². The van der Waals surface area contributed by atoms with Crippen molar-refractivity contribution < 1.29 is 9.59 Å². The van der Waals surface area contributed by atoms with E-state index in [0.717, 1.165) is 30.6 Å². The number of amides is 2. The molecule has 0 radical (unpaired) electrons. The molecule has 1 aromatic heterocycles. The van der Waals surface area contributed by atoms with E-state index in [2.05, 4.69) is 10.6 Å². The largest absolute Gasteiger partial charge is 0.352 e. The molecule has 1 aliphatic rings. The average Bonchev–Trinajstić information content (AvgIpc) is 3.22. The first-order chi connectivity index (χ1) is 13.1. The Labute approximate surface area is 164 Å². The molecule has 1 aromatic carbocycles. The van der Waals surface area contributed by atoms with Crippen LogP contribution in [0, 0.1) is 18.8 Å². The Morgan fingerprint density at radius 1 is 1.19 bits per heavy atom. The molecule has 3 rings (SSSR count). The van der Waals surface area contributed by atoms with Crippen LogP contribution in [0.4, 0.5) is 5.69 Å². The predicted octanol–water partition coefficient (Wildman–Crippen LogP) is 3.80. The quantitative estimate of drug-likeness (QED) is 0.707. The highest BCUT2D eigenvalue weighted by Crippen LogP contribution is 2.28. The first kappa shape index (κ1) is 19.6. The molecule has 0 saturated heterocycles. The number of aryl methyl sites for hydroxylation is 1. The molecule has 2 unspecified atom stereocenters. The molecule has 4 N–H and O–H groups in total. The lowest BCUT2D eigenvalue weighted by atomic mass is 9.81. The fourth-order valence-electron chi connectivity index (χ4n) is 3.68. The van der Waals surface area contributed by atoms with Gasteiger partial charge in [-0.1, -0.05) is 12.5 Å². The topological polar surface area (TPSA) is 84.2 Å². The Kier molecular flexibility index (Phi) is 6.63. The molecule has 144 valence electrons. The van der Waals surface area contributed by atoms with Crippen LogP contribution < -0.4 is 16.4 Å². The SMILES string of the molecule is Cc1cc(C(=O)NCC2CCCC(CN)C2)ccc1NC(=O)c1cccs1. The van der Waals surface area contributed by atoms with Crippen molar-refractivity contribution in [3.63, 3.8) is 0 Å². The summed E-state index contributed by atoms with van der Waals surface area (Å²) in [5, 5.41) is 7.83. The zero-order valence-corrected chi connectivity index (χ0v) is 16.5. The molecule has 0 spiro atoms. The van der Waals surface area contributed by atoms with Gasteiger partial charge in [0.1, 0.15) is 0 Å². The summed E-state index contributed by atoms with van der Waals surface area (Å²) >= 11 is 1.40. The van der Waals surface area contributed by atoms with Gasteiger partial charge in [-0.3, -0.25) is 9.59 Å². The van der Waals surface area contributed by atoms with E-state index in [1.165, 1.54) is 24.2 Å². The lowest BCUT2D eigenvalue weighted by Gasteiger charge is -2.28. The summed E-state index contributed by atoms with van der Waals surface area (Å²) < 4.78 is 0. The second-order valence-corrected chi connectivity index (χ2v) is 8.25. The fourth-order valence-corrected chi connectivity index (χ4v) is 4.30. The van der Waals surface area contributed by atoms with Crippen molar-refractivity contribution in [2.24, 2.45) is 17.6 Å². The highest BCUT2D eigenvalue weighted by molar-refractivity contribution is 7.12. The predicted molar refractivity (Wildman–Crippen MR) is 110 cm³/mol. The maximum absolute atomic E-state index is 12.5. The minimum atomic E-state index is -0.128. The van der Waals surface area contributed by atoms with E-state index >= 15 is 0 Å². The number of hydrogen-bond acceptors (Lipinski definition) is 4. The van der Waals surface area contributed by atoms with Gasteiger partial charge in [0.25, 0.3) is 11.8 Å². The van der Waals surface area contributed by atoms with E-state index in [1.807, 2.05) is 24.4 Å². The molecule has 27 heavy (non-hydrogen) atoms. The Morgan fingerprint density at radius 3 is 2.70 bits per heavy atom. The number of nitrogens with two attached hydrogens (primary N) is 1. The van der Waals surface area contributed by atoms with Crippen molar-refractivity contribution in [3.05, 3.63) is 51.7 Å². The Morgan fingerprint density at radius 2 is 2.00 bits per heavy atom. The van der Waals surface area contributed by atoms with Crippen LogP contribution in [0.3, 0.4) is 0 Å². The van der Waals surface area contributed by atoms with Crippen molar-refractivity contribution in [3.8, 4) is 0 Å². The average molecular weight is 386 g/mol. The Bertz CT molecular complexity index is 789. The monoisotopic (exact) mass is 385 g/mol.